The van der Waals surface area contributed by atoms with Crippen molar-refractivity contribution in [3.05, 3.63) is 92.9 Å². The number of hydrogen-bond donors (Lipinski definition) is 0. The maximum atomic E-state index is 13.2. The Balaban J connectivity index is 1.73. The first-order chi connectivity index (χ1) is 15.4. The Hall–Kier alpha value is -3.66. The summed E-state index contributed by atoms with van der Waals surface area (Å²) >= 11 is 12.4. The zero-order chi connectivity index (χ0) is 22.8. The van der Waals surface area contributed by atoms with Crippen LogP contribution in [0.3, 0.4) is 0 Å². The van der Waals surface area contributed by atoms with Crippen LogP contribution in [0.2, 0.25) is 10.0 Å². The minimum Gasteiger partial charge on any atom is -0.457 e. The molecule has 0 bridgehead atoms. The average molecular weight is 464 g/mol. The molecule has 0 aliphatic carbocycles. The molecule has 2 amide bonds. The molecule has 8 heteroatoms. The highest BCUT2D eigenvalue weighted by Crippen LogP contribution is 2.35. The van der Waals surface area contributed by atoms with E-state index in [2.05, 4.69) is 4.98 Å². The quantitative estimate of drug-likeness (QED) is 0.379. The number of hydrogen-bond acceptors (Lipinski definition) is 5. The zero-order valence-electron chi connectivity index (χ0n) is 16.8. The molecule has 32 heavy (non-hydrogen) atoms. The number of imide groups is 1. The third-order valence-electron chi connectivity index (χ3n) is 5.02. The van der Waals surface area contributed by atoms with E-state index >= 15 is 0 Å². The van der Waals surface area contributed by atoms with Crippen LogP contribution in [0.5, 0.6) is 0 Å². The van der Waals surface area contributed by atoms with Crippen LogP contribution < -0.4 is 0 Å². The molecule has 0 spiro atoms. The van der Waals surface area contributed by atoms with Crippen molar-refractivity contribution in [2.45, 2.75) is 13.5 Å². The van der Waals surface area contributed by atoms with Gasteiger partial charge < -0.3 is 4.42 Å². The molecule has 158 valence electrons. The second kappa shape index (κ2) is 8.83. The Labute approximate surface area is 194 Å². The maximum Gasteiger partial charge on any atom is 0.271 e. The van der Waals surface area contributed by atoms with Gasteiger partial charge in [-0.2, -0.15) is 5.26 Å². The third-order valence-corrected chi connectivity index (χ3v) is 5.84. The molecule has 6 nitrogen and oxygen atoms in total. The fraction of sp³-hybridized carbons (Fsp3) is 0.0833. The Morgan fingerprint density at radius 3 is 2.66 bits per heavy atom. The van der Waals surface area contributed by atoms with Gasteiger partial charge in [0.05, 0.1) is 16.6 Å². The van der Waals surface area contributed by atoms with Crippen molar-refractivity contribution in [3.8, 4) is 17.4 Å². The summed E-state index contributed by atoms with van der Waals surface area (Å²) in [6.45, 7) is 1.57. The average Bonchev–Trinajstić information content (AvgIpc) is 3.26. The Morgan fingerprint density at radius 1 is 1.12 bits per heavy atom. The largest absolute Gasteiger partial charge is 0.457 e. The lowest BCUT2D eigenvalue weighted by molar-refractivity contribution is -0.141. The summed E-state index contributed by atoms with van der Waals surface area (Å²) in [6, 6.07) is 14.0. The number of pyridine rings is 1. The van der Waals surface area contributed by atoms with Gasteiger partial charge in [0, 0.05) is 23.5 Å². The highest BCUT2D eigenvalue weighted by atomic mass is 35.5. The predicted molar refractivity (Wildman–Crippen MR) is 120 cm³/mol. The van der Waals surface area contributed by atoms with Gasteiger partial charge in [-0.05, 0) is 54.5 Å². The predicted octanol–water partition coefficient (Wildman–Crippen LogP) is 5.44. The van der Waals surface area contributed by atoms with E-state index in [0.29, 0.717) is 38.3 Å². The van der Waals surface area contributed by atoms with Gasteiger partial charge in [0.2, 0.25) is 0 Å². The molecule has 0 unspecified atom stereocenters. The van der Waals surface area contributed by atoms with E-state index in [4.69, 9.17) is 27.6 Å². The SMILES string of the molecule is CC1=C(C#N)C(=O)N(Cc2cccnc2)C(=O)/C1=C/c1ccc(-c2cccc(Cl)c2Cl)o1. The summed E-state index contributed by atoms with van der Waals surface area (Å²) in [7, 11) is 0. The minimum absolute atomic E-state index is 0.00281. The molecule has 2 aromatic heterocycles. The first-order valence-corrected chi connectivity index (χ1v) is 10.3. The monoisotopic (exact) mass is 463 g/mol. The number of carbonyl (C=O) groups is 2. The molecule has 0 saturated carbocycles. The van der Waals surface area contributed by atoms with Crippen molar-refractivity contribution >= 4 is 41.1 Å². The number of benzene rings is 1. The number of furan rings is 1. The highest BCUT2D eigenvalue weighted by molar-refractivity contribution is 6.43. The molecule has 0 saturated heterocycles. The van der Waals surface area contributed by atoms with E-state index in [9.17, 15) is 14.9 Å². The zero-order valence-corrected chi connectivity index (χ0v) is 18.3. The number of carbonyl (C=O) groups excluding carboxylic acids is 2. The molecule has 3 aromatic rings. The molecule has 0 fully saturated rings. The van der Waals surface area contributed by atoms with Gasteiger partial charge in [0.15, 0.2) is 0 Å². The molecule has 3 heterocycles. The van der Waals surface area contributed by atoms with Crippen LogP contribution in [0.25, 0.3) is 17.4 Å². The van der Waals surface area contributed by atoms with Gasteiger partial charge in [-0.1, -0.05) is 35.3 Å². The standard InChI is InChI=1S/C24H15Cl2N3O3/c1-14-18(10-16-7-8-21(32-16)17-5-2-6-20(25)22(17)26)23(30)29(24(31)19(14)11-27)13-15-4-3-9-28-12-15/h2-10,12H,13H2,1H3/b18-10+. The van der Waals surface area contributed by atoms with Crippen molar-refractivity contribution in [1.82, 2.24) is 9.88 Å². The van der Waals surface area contributed by atoms with Crippen LogP contribution in [-0.4, -0.2) is 21.7 Å². The van der Waals surface area contributed by atoms with Crippen molar-refractivity contribution in [2.75, 3.05) is 0 Å². The summed E-state index contributed by atoms with van der Waals surface area (Å²) in [5.74, 6) is -0.319. The topological polar surface area (TPSA) is 87.2 Å². The van der Waals surface area contributed by atoms with Crippen molar-refractivity contribution in [2.24, 2.45) is 0 Å². The lowest BCUT2D eigenvalue weighted by atomic mass is 9.94. The van der Waals surface area contributed by atoms with Crippen molar-refractivity contribution < 1.29 is 14.0 Å². The Morgan fingerprint density at radius 2 is 1.94 bits per heavy atom. The van der Waals surface area contributed by atoms with Crippen LogP contribution in [0, 0.1) is 11.3 Å². The van der Waals surface area contributed by atoms with Gasteiger partial charge in [0.1, 0.15) is 23.2 Å². The number of aromatic nitrogens is 1. The molecule has 0 N–H and O–H groups in total. The van der Waals surface area contributed by atoms with Gasteiger partial charge in [-0.15, -0.1) is 0 Å². The van der Waals surface area contributed by atoms with E-state index in [1.165, 1.54) is 6.08 Å². The van der Waals surface area contributed by atoms with Gasteiger partial charge in [-0.25, -0.2) is 0 Å². The van der Waals surface area contributed by atoms with Crippen LogP contribution in [0.4, 0.5) is 0 Å². The molecular weight excluding hydrogens is 449 g/mol. The van der Waals surface area contributed by atoms with E-state index in [1.807, 2.05) is 6.07 Å². The molecule has 1 aromatic carbocycles. The first kappa shape index (κ1) is 21.6. The van der Waals surface area contributed by atoms with Crippen LogP contribution in [0.1, 0.15) is 18.2 Å². The molecule has 0 atom stereocenters. The van der Waals surface area contributed by atoms with Gasteiger partial charge >= 0.3 is 0 Å². The molecule has 4 rings (SSSR count). The molecule has 0 radical (unpaired) electrons. The second-order valence-corrected chi connectivity index (χ2v) is 7.82. The fourth-order valence-corrected chi connectivity index (χ4v) is 3.75. The summed E-state index contributed by atoms with van der Waals surface area (Å²) in [6.07, 6.45) is 4.68. The van der Waals surface area contributed by atoms with Crippen molar-refractivity contribution in [1.29, 1.82) is 5.26 Å². The summed E-state index contributed by atoms with van der Waals surface area (Å²) in [5.41, 5.74) is 1.68. The van der Waals surface area contributed by atoms with E-state index in [1.54, 1.807) is 61.8 Å². The van der Waals surface area contributed by atoms with Gasteiger partial charge in [-0.3, -0.25) is 19.5 Å². The normalized spacial score (nSPS) is 15.4. The third kappa shape index (κ3) is 3.96. The number of nitriles is 1. The van der Waals surface area contributed by atoms with Crippen LogP contribution in [-0.2, 0) is 16.1 Å². The van der Waals surface area contributed by atoms with E-state index < -0.39 is 11.8 Å². The van der Waals surface area contributed by atoms with E-state index in [0.717, 1.165) is 4.90 Å². The molecular formula is C24H15Cl2N3O3. The molecule has 1 aliphatic heterocycles. The fourth-order valence-electron chi connectivity index (χ4n) is 3.36. The summed E-state index contributed by atoms with van der Waals surface area (Å²) in [5, 5.41) is 10.3. The summed E-state index contributed by atoms with van der Waals surface area (Å²) < 4.78 is 5.86. The maximum absolute atomic E-state index is 13.2. The molecule has 1 aliphatic rings. The first-order valence-electron chi connectivity index (χ1n) is 9.53. The number of amides is 2. The van der Waals surface area contributed by atoms with Crippen molar-refractivity contribution in [3.63, 3.8) is 0 Å². The van der Waals surface area contributed by atoms with Gasteiger partial charge in [0.25, 0.3) is 11.8 Å². The Bertz CT molecular complexity index is 1330. The minimum atomic E-state index is -0.637. The number of nitrogens with zero attached hydrogens (tertiary/aromatic N) is 3. The summed E-state index contributed by atoms with van der Waals surface area (Å²) in [4.78, 5) is 31.0. The van der Waals surface area contributed by atoms with Crippen LogP contribution >= 0.6 is 23.2 Å². The highest BCUT2D eigenvalue weighted by Gasteiger charge is 2.35. The van der Waals surface area contributed by atoms with E-state index in [-0.39, 0.29) is 17.7 Å². The second-order valence-electron chi connectivity index (χ2n) is 7.03. The Kier molecular flexibility index (Phi) is 5.95. The smallest absolute Gasteiger partial charge is 0.271 e. The van der Waals surface area contributed by atoms with Crippen LogP contribution in [0.15, 0.2) is 76.0 Å². The lowest BCUT2D eigenvalue weighted by Crippen LogP contribution is -2.42. The lowest BCUT2D eigenvalue weighted by Gasteiger charge is -2.27. The number of halogens is 2. The number of rotatable bonds is 4.